The van der Waals surface area contributed by atoms with Gasteiger partial charge in [0, 0.05) is 41.3 Å². The first-order valence-corrected chi connectivity index (χ1v) is 15.5. The molecule has 1 atom stereocenters. The van der Waals surface area contributed by atoms with Gasteiger partial charge >= 0.3 is 18.0 Å². The Morgan fingerprint density at radius 3 is 2.31 bits per heavy atom. The van der Waals surface area contributed by atoms with Crippen molar-refractivity contribution in [3.63, 3.8) is 0 Å². The Hall–Kier alpha value is -3.78. The highest BCUT2D eigenvalue weighted by Gasteiger charge is 2.43. The first-order valence-electron chi connectivity index (χ1n) is 12.9. The minimum absolute atomic E-state index is 0.0229. The Kier molecular flexibility index (Phi) is 10.9. The lowest BCUT2D eigenvalue weighted by molar-refractivity contribution is -0.142. The van der Waals surface area contributed by atoms with E-state index in [4.69, 9.17) is 9.47 Å². The first kappa shape index (κ1) is 32.7. The van der Waals surface area contributed by atoms with E-state index < -0.39 is 45.0 Å². The van der Waals surface area contributed by atoms with Gasteiger partial charge in [-0.25, -0.2) is 22.4 Å². The summed E-state index contributed by atoms with van der Waals surface area (Å²) >= 11 is 0.820. The molecule has 0 spiro atoms. The summed E-state index contributed by atoms with van der Waals surface area (Å²) in [5.74, 6) is -2.53. The fourth-order valence-corrected chi connectivity index (χ4v) is 5.59. The molecule has 1 aliphatic rings. The number of cyclic esters (lactones) is 1. The average Bonchev–Trinajstić information content (AvgIpc) is 3.30. The Balaban J connectivity index is 1.73. The standard InChI is InChI=1S/C28H31FN2O9S2/c1-28(2,41-30-36)23-17-40-27(35)31(23)15-5-4-6-24(32)39-16-22(18-9-13-21(14-10-18)42(3,37)38)25(26(33)34)19-7-11-20(29)12-8-19/h7-14,23H,4-6,15-17H2,1-3H3,(H,33,34). The Bertz CT molecular complexity index is 1460. The van der Waals surface area contributed by atoms with Gasteiger partial charge in [-0.2, -0.15) is 0 Å². The Labute approximate surface area is 247 Å². The maximum absolute atomic E-state index is 13.5. The van der Waals surface area contributed by atoms with Gasteiger partial charge in [0.15, 0.2) is 9.84 Å². The number of aliphatic carboxylic acids is 1. The number of nitrogens with zero attached hydrogens (tertiary/aromatic N) is 2. The molecule has 2 aromatic carbocycles. The van der Waals surface area contributed by atoms with Crippen LogP contribution in [0.2, 0.25) is 0 Å². The number of benzene rings is 2. The van der Waals surface area contributed by atoms with Crippen LogP contribution in [0.15, 0.2) is 58.0 Å². The van der Waals surface area contributed by atoms with Crippen LogP contribution in [0.3, 0.4) is 0 Å². The van der Waals surface area contributed by atoms with Crippen LogP contribution >= 0.6 is 11.9 Å². The van der Waals surface area contributed by atoms with E-state index >= 15 is 0 Å². The summed E-state index contributed by atoms with van der Waals surface area (Å²) in [6.45, 7) is 3.53. The van der Waals surface area contributed by atoms with E-state index in [1.165, 1.54) is 41.3 Å². The second-order valence-corrected chi connectivity index (χ2v) is 13.5. The van der Waals surface area contributed by atoms with Gasteiger partial charge < -0.3 is 19.5 Å². The summed E-state index contributed by atoms with van der Waals surface area (Å²) in [4.78, 5) is 49.4. The molecule has 1 fully saturated rings. The van der Waals surface area contributed by atoms with E-state index in [2.05, 4.69) is 4.58 Å². The molecule has 0 radical (unpaired) electrons. The van der Waals surface area contributed by atoms with E-state index in [0.29, 0.717) is 18.4 Å². The monoisotopic (exact) mass is 622 g/mol. The third kappa shape index (κ3) is 8.38. The van der Waals surface area contributed by atoms with Crippen LogP contribution in [0.1, 0.15) is 44.2 Å². The molecule has 1 N–H and O–H groups in total. The van der Waals surface area contributed by atoms with Crippen molar-refractivity contribution < 1.29 is 41.8 Å². The molecular weight excluding hydrogens is 591 g/mol. The molecule has 3 rings (SSSR count). The number of unbranched alkanes of at least 4 members (excludes halogenated alkanes) is 1. The zero-order valence-electron chi connectivity index (χ0n) is 23.2. The number of carboxylic acid groups (broad SMARTS) is 1. The van der Waals surface area contributed by atoms with Crippen LogP contribution in [-0.2, 0) is 28.9 Å². The second-order valence-electron chi connectivity index (χ2n) is 10.1. The number of nitroso groups, excluding NO2 is 1. The van der Waals surface area contributed by atoms with Gasteiger partial charge in [0.05, 0.1) is 21.3 Å². The summed E-state index contributed by atoms with van der Waals surface area (Å²) in [5.41, 5.74) is 0.327. The Morgan fingerprint density at radius 1 is 1.12 bits per heavy atom. The molecular formula is C28H31FN2O9S2. The van der Waals surface area contributed by atoms with Crippen LogP contribution < -0.4 is 0 Å². The molecule has 226 valence electrons. The number of amides is 1. The minimum Gasteiger partial charge on any atom is -0.478 e. The number of esters is 1. The largest absolute Gasteiger partial charge is 0.478 e. The quantitative estimate of drug-likeness (QED) is 0.0763. The summed E-state index contributed by atoms with van der Waals surface area (Å²) in [7, 11) is -3.51. The van der Waals surface area contributed by atoms with Crippen molar-refractivity contribution in [2.75, 3.05) is 26.0 Å². The summed E-state index contributed by atoms with van der Waals surface area (Å²) < 4.78 is 50.1. The molecule has 1 heterocycles. The van der Waals surface area contributed by atoms with E-state index in [9.17, 15) is 37.2 Å². The summed E-state index contributed by atoms with van der Waals surface area (Å²) in [6.07, 6.45) is 1.28. The minimum atomic E-state index is -3.51. The molecule has 0 bridgehead atoms. The number of carbonyl (C=O) groups excluding carboxylic acids is 2. The Morgan fingerprint density at radius 2 is 1.74 bits per heavy atom. The molecule has 42 heavy (non-hydrogen) atoms. The van der Waals surface area contributed by atoms with Gasteiger partial charge in [-0.15, -0.1) is 4.91 Å². The maximum atomic E-state index is 13.5. The highest BCUT2D eigenvalue weighted by molar-refractivity contribution is 7.99. The topological polar surface area (TPSA) is 157 Å². The van der Waals surface area contributed by atoms with Gasteiger partial charge in [0.25, 0.3) is 0 Å². The number of carboxylic acids is 1. The maximum Gasteiger partial charge on any atom is 0.410 e. The van der Waals surface area contributed by atoms with E-state index in [1.54, 1.807) is 13.8 Å². The lowest BCUT2D eigenvalue weighted by Gasteiger charge is -2.32. The SMILES string of the molecule is CC(C)(SN=O)C1COC(=O)N1CCCCC(=O)OCC(=C(C(=O)O)c1ccc(F)cc1)c1ccc(S(C)(=O)=O)cc1. The molecule has 1 aliphatic heterocycles. The van der Waals surface area contributed by atoms with Crippen LogP contribution in [0.25, 0.3) is 11.1 Å². The van der Waals surface area contributed by atoms with Crippen LogP contribution in [0.5, 0.6) is 0 Å². The highest BCUT2D eigenvalue weighted by Crippen LogP contribution is 2.35. The average molecular weight is 623 g/mol. The predicted molar refractivity (Wildman–Crippen MR) is 155 cm³/mol. The van der Waals surface area contributed by atoms with E-state index in [0.717, 1.165) is 30.3 Å². The lowest BCUT2D eigenvalue weighted by atomic mass is 9.95. The van der Waals surface area contributed by atoms with Gasteiger partial charge in [-0.05, 0) is 62.1 Å². The number of hydrogen-bond acceptors (Lipinski definition) is 10. The molecule has 0 aliphatic carbocycles. The second kappa shape index (κ2) is 13.9. The molecule has 0 aromatic heterocycles. The van der Waals surface area contributed by atoms with Crippen molar-refractivity contribution in [2.45, 2.75) is 48.8 Å². The third-order valence-electron chi connectivity index (χ3n) is 6.74. The molecule has 1 amide bonds. The van der Waals surface area contributed by atoms with Crippen molar-refractivity contribution in [2.24, 2.45) is 4.58 Å². The molecule has 1 unspecified atom stereocenters. The molecule has 2 aromatic rings. The number of halogens is 1. The van der Waals surface area contributed by atoms with Crippen LogP contribution in [0, 0.1) is 10.7 Å². The molecule has 1 saturated heterocycles. The number of carbonyl (C=O) groups is 3. The van der Waals surface area contributed by atoms with E-state index in [1.807, 2.05) is 0 Å². The first-order chi connectivity index (χ1) is 19.7. The van der Waals surface area contributed by atoms with Crippen molar-refractivity contribution >= 4 is 51.0 Å². The van der Waals surface area contributed by atoms with Gasteiger partial charge in [-0.3, -0.25) is 4.79 Å². The van der Waals surface area contributed by atoms with Crippen LogP contribution in [-0.4, -0.2) is 73.3 Å². The van der Waals surface area contributed by atoms with Crippen molar-refractivity contribution in [3.8, 4) is 0 Å². The number of hydrogen-bond donors (Lipinski definition) is 1. The molecule has 11 nitrogen and oxygen atoms in total. The number of sulfone groups is 1. The number of rotatable bonds is 14. The fourth-order valence-electron chi connectivity index (χ4n) is 4.45. The van der Waals surface area contributed by atoms with E-state index in [-0.39, 0.29) is 47.2 Å². The van der Waals surface area contributed by atoms with Gasteiger partial charge in [0.2, 0.25) is 0 Å². The van der Waals surface area contributed by atoms with Crippen molar-refractivity contribution in [1.82, 2.24) is 4.90 Å². The summed E-state index contributed by atoms with van der Waals surface area (Å²) in [6, 6.07) is 9.86. The van der Waals surface area contributed by atoms with Gasteiger partial charge in [0.1, 0.15) is 19.0 Å². The third-order valence-corrected chi connectivity index (χ3v) is 8.68. The fraction of sp³-hybridized carbons (Fsp3) is 0.393. The molecule has 14 heteroatoms. The van der Waals surface area contributed by atoms with Crippen molar-refractivity contribution in [1.29, 1.82) is 0 Å². The zero-order chi connectivity index (χ0) is 31.1. The van der Waals surface area contributed by atoms with Crippen LogP contribution in [0.4, 0.5) is 9.18 Å². The zero-order valence-corrected chi connectivity index (χ0v) is 24.9. The number of ether oxygens (including phenoxy) is 2. The predicted octanol–water partition coefficient (Wildman–Crippen LogP) is 4.95. The smallest absolute Gasteiger partial charge is 0.410 e. The molecule has 0 saturated carbocycles. The normalized spacial score (nSPS) is 16.0. The highest BCUT2D eigenvalue weighted by atomic mass is 32.2. The van der Waals surface area contributed by atoms with Gasteiger partial charge in [-0.1, -0.05) is 24.3 Å². The van der Waals surface area contributed by atoms with Crippen molar-refractivity contribution in [3.05, 3.63) is 70.4 Å². The lowest BCUT2D eigenvalue weighted by Crippen LogP contribution is -2.46. The summed E-state index contributed by atoms with van der Waals surface area (Å²) in [5, 5.41) is 10.0.